The Kier molecular flexibility index (Phi) is 7.11. The maximum absolute atomic E-state index is 6.10. The van der Waals surface area contributed by atoms with Crippen LogP contribution in [0.15, 0.2) is 59.1 Å². The van der Waals surface area contributed by atoms with Crippen molar-refractivity contribution < 1.29 is 4.74 Å². The molecule has 1 nitrogen and oxygen atoms in total. The van der Waals surface area contributed by atoms with E-state index in [0.717, 1.165) is 36.1 Å². The summed E-state index contributed by atoms with van der Waals surface area (Å²) >= 11 is 9.61. The average molecular weight is 368 g/mol. The van der Waals surface area contributed by atoms with Gasteiger partial charge in [-0.3, -0.25) is 0 Å². The fourth-order valence-corrected chi connectivity index (χ4v) is 3.02. The Balaban J connectivity index is 1.72. The number of hydrogen-bond donors (Lipinski definition) is 0. The molecule has 112 valence electrons. The Bertz CT molecular complexity index is 530. The van der Waals surface area contributed by atoms with Crippen LogP contribution in [0.2, 0.25) is 0 Å². The van der Waals surface area contributed by atoms with Gasteiger partial charge in [-0.25, -0.2) is 0 Å². The molecule has 0 bridgehead atoms. The van der Waals surface area contributed by atoms with Crippen molar-refractivity contribution in [1.29, 1.82) is 0 Å². The summed E-state index contributed by atoms with van der Waals surface area (Å²) in [5.41, 5.74) is 1.33. The Morgan fingerprint density at radius 1 is 1.05 bits per heavy atom. The summed E-state index contributed by atoms with van der Waals surface area (Å²) in [6, 6.07) is 18.4. The minimum absolute atomic E-state index is 0.500. The van der Waals surface area contributed by atoms with Crippen LogP contribution in [0.4, 0.5) is 0 Å². The first-order valence-electron chi connectivity index (χ1n) is 7.26. The van der Waals surface area contributed by atoms with E-state index < -0.39 is 0 Å². The van der Waals surface area contributed by atoms with Gasteiger partial charge < -0.3 is 4.74 Å². The van der Waals surface area contributed by atoms with Gasteiger partial charge in [-0.1, -0.05) is 46.3 Å². The molecule has 1 atom stereocenters. The first-order valence-corrected chi connectivity index (χ1v) is 8.59. The standard InChI is InChI=1S/C18H20BrClO/c19-17-8-4-6-15(13-17)12-16(14-20)7-5-11-21-18-9-2-1-3-10-18/h1-4,6,8-10,13,16H,5,7,11-12,14H2. The van der Waals surface area contributed by atoms with Crippen LogP contribution >= 0.6 is 27.5 Å². The second-order valence-electron chi connectivity index (χ2n) is 5.16. The lowest BCUT2D eigenvalue weighted by Crippen LogP contribution is -2.09. The van der Waals surface area contributed by atoms with Gasteiger partial charge in [0, 0.05) is 10.4 Å². The van der Waals surface area contributed by atoms with E-state index in [2.05, 4.69) is 34.1 Å². The fraction of sp³-hybridized carbons (Fsp3) is 0.333. The number of benzene rings is 2. The van der Waals surface area contributed by atoms with E-state index in [0.29, 0.717) is 11.8 Å². The molecule has 0 aliphatic rings. The van der Waals surface area contributed by atoms with Crippen LogP contribution in [0.25, 0.3) is 0 Å². The number of rotatable bonds is 8. The molecule has 0 fully saturated rings. The van der Waals surface area contributed by atoms with Crippen LogP contribution in [0.1, 0.15) is 18.4 Å². The van der Waals surface area contributed by atoms with Crippen LogP contribution in [-0.2, 0) is 6.42 Å². The lowest BCUT2D eigenvalue weighted by molar-refractivity contribution is 0.295. The smallest absolute Gasteiger partial charge is 0.119 e. The molecule has 0 radical (unpaired) electrons. The third-order valence-electron chi connectivity index (χ3n) is 3.40. The fourth-order valence-electron chi connectivity index (χ4n) is 2.31. The molecule has 0 saturated carbocycles. The van der Waals surface area contributed by atoms with Gasteiger partial charge in [0.1, 0.15) is 5.75 Å². The molecule has 21 heavy (non-hydrogen) atoms. The van der Waals surface area contributed by atoms with Gasteiger partial charge in [-0.2, -0.15) is 0 Å². The average Bonchev–Trinajstić information content (AvgIpc) is 2.51. The molecule has 0 saturated heterocycles. The van der Waals surface area contributed by atoms with Crippen molar-refractivity contribution in [1.82, 2.24) is 0 Å². The van der Waals surface area contributed by atoms with Crippen LogP contribution in [0, 0.1) is 5.92 Å². The molecule has 0 spiro atoms. The predicted molar refractivity (Wildman–Crippen MR) is 93.2 cm³/mol. The van der Waals surface area contributed by atoms with Crippen LogP contribution < -0.4 is 4.74 Å². The highest BCUT2D eigenvalue weighted by Gasteiger charge is 2.09. The third-order valence-corrected chi connectivity index (χ3v) is 4.33. The number of hydrogen-bond acceptors (Lipinski definition) is 1. The molecular weight excluding hydrogens is 348 g/mol. The Labute approximate surface area is 140 Å². The lowest BCUT2D eigenvalue weighted by Gasteiger charge is -2.14. The van der Waals surface area contributed by atoms with Crippen molar-refractivity contribution in [2.24, 2.45) is 5.92 Å². The summed E-state index contributed by atoms with van der Waals surface area (Å²) in [6.07, 6.45) is 3.14. The van der Waals surface area contributed by atoms with Crippen molar-refractivity contribution in [2.45, 2.75) is 19.3 Å². The number of alkyl halides is 1. The second kappa shape index (κ2) is 9.11. The zero-order chi connectivity index (χ0) is 14.9. The van der Waals surface area contributed by atoms with E-state index in [1.165, 1.54) is 5.56 Å². The zero-order valence-corrected chi connectivity index (χ0v) is 14.3. The highest BCUT2D eigenvalue weighted by Crippen LogP contribution is 2.19. The minimum Gasteiger partial charge on any atom is -0.494 e. The summed E-state index contributed by atoms with van der Waals surface area (Å²) in [4.78, 5) is 0. The van der Waals surface area contributed by atoms with Crippen molar-refractivity contribution >= 4 is 27.5 Å². The zero-order valence-electron chi connectivity index (χ0n) is 12.0. The largest absolute Gasteiger partial charge is 0.494 e. The summed E-state index contributed by atoms with van der Waals surface area (Å²) < 4.78 is 6.85. The number of halogens is 2. The molecule has 0 aliphatic heterocycles. The van der Waals surface area contributed by atoms with Crippen molar-refractivity contribution in [3.8, 4) is 5.75 Å². The normalized spacial score (nSPS) is 12.1. The number of para-hydroxylation sites is 1. The maximum Gasteiger partial charge on any atom is 0.119 e. The van der Waals surface area contributed by atoms with Gasteiger partial charge in [0.2, 0.25) is 0 Å². The molecule has 1 unspecified atom stereocenters. The quantitative estimate of drug-likeness (QED) is 0.429. The molecule has 0 N–H and O–H groups in total. The molecule has 2 aromatic carbocycles. The summed E-state index contributed by atoms with van der Waals surface area (Å²) in [7, 11) is 0. The van der Waals surface area contributed by atoms with Gasteiger partial charge in [0.05, 0.1) is 6.61 Å². The first kappa shape index (κ1) is 16.4. The highest BCUT2D eigenvalue weighted by molar-refractivity contribution is 9.10. The molecule has 0 amide bonds. The van der Waals surface area contributed by atoms with Gasteiger partial charge in [0.25, 0.3) is 0 Å². The Hall–Kier alpha value is -0.990. The molecule has 2 rings (SSSR count). The van der Waals surface area contributed by atoms with Crippen LogP contribution in [0.3, 0.4) is 0 Å². The van der Waals surface area contributed by atoms with E-state index in [4.69, 9.17) is 16.3 Å². The molecule has 3 heteroatoms. The summed E-state index contributed by atoms with van der Waals surface area (Å²) in [6.45, 7) is 0.746. The van der Waals surface area contributed by atoms with E-state index in [1.54, 1.807) is 0 Å². The minimum atomic E-state index is 0.500. The second-order valence-corrected chi connectivity index (χ2v) is 6.38. The predicted octanol–water partition coefficient (Wildman–Crippen LogP) is 5.71. The van der Waals surface area contributed by atoms with E-state index in [-0.39, 0.29) is 0 Å². The topological polar surface area (TPSA) is 9.23 Å². The number of ether oxygens (including phenoxy) is 1. The van der Waals surface area contributed by atoms with Crippen molar-refractivity contribution in [3.05, 3.63) is 64.6 Å². The molecule has 0 aromatic heterocycles. The van der Waals surface area contributed by atoms with E-state index in [9.17, 15) is 0 Å². The van der Waals surface area contributed by atoms with Crippen LogP contribution in [0.5, 0.6) is 5.75 Å². The SMILES string of the molecule is ClCC(CCCOc1ccccc1)Cc1cccc(Br)c1. The van der Waals surface area contributed by atoms with Gasteiger partial charge in [0.15, 0.2) is 0 Å². The summed E-state index contributed by atoms with van der Waals surface area (Å²) in [5.74, 6) is 2.13. The van der Waals surface area contributed by atoms with Crippen molar-refractivity contribution in [3.63, 3.8) is 0 Å². The van der Waals surface area contributed by atoms with Gasteiger partial charge in [-0.15, -0.1) is 11.6 Å². The third kappa shape index (κ3) is 6.11. The molecular formula is C18H20BrClO. The molecule has 0 aliphatic carbocycles. The maximum atomic E-state index is 6.10. The van der Waals surface area contributed by atoms with E-state index >= 15 is 0 Å². The highest BCUT2D eigenvalue weighted by atomic mass is 79.9. The monoisotopic (exact) mass is 366 g/mol. The Morgan fingerprint density at radius 3 is 2.57 bits per heavy atom. The molecule has 2 aromatic rings. The van der Waals surface area contributed by atoms with E-state index in [1.807, 2.05) is 36.4 Å². The lowest BCUT2D eigenvalue weighted by atomic mass is 9.97. The summed E-state index contributed by atoms with van der Waals surface area (Å²) in [5, 5.41) is 0. The van der Waals surface area contributed by atoms with Gasteiger partial charge in [-0.05, 0) is 55.0 Å². The Morgan fingerprint density at radius 2 is 1.86 bits per heavy atom. The van der Waals surface area contributed by atoms with Gasteiger partial charge >= 0.3 is 0 Å². The first-order chi connectivity index (χ1) is 10.3. The molecule has 0 heterocycles. The van der Waals surface area contributed by atoms with Crippen molar-refractivity contribution in [2.75, 3.05) is 12.5 Å². The van der Waals surface area contributed by atoms with Crippen LogP contribution in [-0.4, -0.2) is 12.5 Å².